The van der Waals surface area contributed by atoms with E-state index in [0.717, 1.165) is 6.42 Å². The predicted octanol–water partition coefficient (Wildman–Crippen LogP) is 9.22. The first-order valence-electron chi connectivity index (χ1n) is 15.2. The Kier molecular flexibility index (Phi) is 7.04. The first-order valence-corrected chi connectivity index (χ1v) is 15.2. The molecule has 6 rings (SSSR count). The van der Waals surface area contributed by atoms with Crippen molar-refractivity contribution in [2.45, 2.75) is 136 Å². The molecule has 6 fully saturated rings. The lowest BCUT2D eigenvalue weighted by Crippen LogP contribution is -2.64. The molecule has 0 spiro atoms. The summed E-state index contributed by atoms with van der Waals surface area (Å²) in [7, 11) is 0. The maximum absolute atomic E-state index is 16.5. The van der Waals surface area contributed by atoms with Crippen molar-refractivity contribution >= 4 is 0 Å². The van der Waals surface area contributed by atoms with E-state index >= 15 is 13.2 Å². The van der Waals surface area contributed by atoms with Gasteiger partial charge >= 0.3 is 18.1 Å². The Bertz CT molecular complexity index is 1050. The molecule has 0 amide bonds. The van der Waals surface area contributed by atoms with Gasteiger partial charge in [-0.25, -0.2) is 4.39 Å². The Hall–Kier alpha value is -1.01. The lowest BCUT2D eigenvalue weighted by Gasteiger charge is -2.64. The molecule has 3 nitrogen and oxygen atoms in total. The number of fused-ring (bicyclic) bond motifs is 3. The second kappa shape index (κ2) is 9.24. The lowest BCUT2D eigenvalue weighted by molar-refractivity contribution is -0.378. The van der Waals surface area contributed by atoms with Crippen molar-refractivity contribution in [3.05, 3.63) is 0 Å². The summed E-state index contributed by atoms with van der Waals surface area (Å²) in [5.74, 6) is -6.86. The third kappa shape index (κ3) is 4.11. The molecule has 12 unspecified atom stereocenters. The highest BCUT2D eigenvalue weighted by Gasteiger charge is 2.75. The highest BCUT2D eigenvalue weighted by Crippen LogP contribution is 2.72. The van der Waals surface area contributed by atoms with Crippen LogP contribution in [0.2, 0.25) is 0 Å². The third-order valence-corrected chi connectivity index (χ3v) is 13.1. The minimum atomic E-state index is -5.19. The second-order valence-electron chi connectivity index (χ2n) is 15.1. The van der Waals surface area contributed by atoms with E-state index in [1.165, 1.54) is 0 Å². The van der Waals surface area contributed by atoms with Gasteiger partial charge in [-0.1, -0.05) is 34.1 Å². The van der Waals surface area contributed by atoms with Crippen molar-refractivity contribution in [2.24, 2.45) is 51.8 Å². The van der Waals surface area contributed by atoms with Crippen molar-refractivity contribution in [1.82, 2.24) is 0 Å². The van der Waals surface area contributed by atoms with E-state index in [0.29, 0.717) is 38.5 Å². The minimum Gasteiger partial charge on any atom is -0.335 e. The van der Waals surface area contributed by atoms with Crippen LogP contribution in [-0.2, 0) is 9.47 Å². The van der Waals surface area contributed by atoms with Gasteiger partial charge in [0.1, 0.15) is 0 Å². The number of ether oxygens (including phenoxy) is 2. The molecular weight excluding hydrogens is 532 g/mol. The minimum absolute atomic E-state index is 0.0267. The van der Waals surface area contributed by atoms with E-state index < -0.39 is 63.8 Å². The van der Waals surface area contributed by atoms with Crippen LogP contribution in [0.5, 0.6) is 0 Å². The zero-order chi connectivity index (χ0) is 29.7. The number of hydrogen-bond donors (Lipinski definition) is 0. The van der Waals surface area contributed by atoms with Crippen LogP contribution in [-0.4, -0.2) is 29.8 Å². The summed E-state index contributed by atoms with van der Waals surface area (Å²) in [6.45, 7) is 11.0. The molecule has 6 bridgehead atoms. The van der Waals surface area contributed by atoms with Crippen LogP contribution in [0, 0.1) is 63.1 Å². The first kappa shape index (κ1) is 30.4. The van der Waals surface area contributed by atoms with E-state index in [1.54, 1.807) is 13.8 Å². The van der Waals surface area contributed by atoms with Gasteiger partial charge in [-0.05, 0) is 106 Å². The molecule has 0 N–H and O–H groups in total. The molecule has 228 valence electrons. The van der Waals surface area contributed by atoms with Crippen molar-refractivity contribution < 1.29 is 35.8 Å². The van der Waals surface area contributed by atoms with Gasteiger partial charge in [0.25, 0.3) is 0 Å². The normalized spacial score (nSPS) is 47.7. The van der Waals surface area contributed by atoms with E-state index in [4.69, 9.17) is 9.47 Å². The quantitative estimate of drug-likeness (QED) is 0.283. The van der Waals surface area contributed by atoms with Gasteiger partial charge in [0, 0.05) is 11.8 Å². The van der Waals surface area contributed by atoms with Gasteiger partial charge in [0.2, 0.25) is 0 Å². The van der Waals surface area contributed by atoms with Gasteiger partial charge in [-0.3, -0.25) is 0 Å². The van der Waals surface area contributed by atoms with Crippen LogP contribution in [0.4, 0.5) is 26.3 Å². The molecule has 9 heteroatoms. The smallest absolute Gasteiger partial charge is 0.335 e. The molecule has 0 radical (unpaired) electrons. The average molecular weight is 578 g/mol. The van der Waals surface area contributed by atoms with Crippen molar-refractivity contribution in [2.75, 3.05) is 0 Å². The lowest BCUT2D eigenvalue weighted by atomic mass is 9.41. The van der Waals surface area contributed by atoms with Gasteiger partial charge in [0.05, 0.1) is 23.7 Å². The van der Waals surface area contributed by atoms with Crippen LogP contribution in [0.1, 0.15) is 106 Å². The number of nitriles is 1. The molecule has 3 saturated heterocycles. The zero-order valence-corrected chi connectivity index (χ0v) is 24.6. The molecular formula is C31H45F6NO2. The molecule has 0 aromatic rings. The highest BCUT2D eigenvalue weighted by molar-refractivity contribution is 5.16. The maximum Gasteiger partial charge on any atom is 0.448 e. The Balaban J connectivity index is 1.63. The Labute approximate surface area is 234 Å². The average Bonchev–Trinajstić information content (AvgIpc) is 3.27. The summed E-state index contributed by atoms with van der Waals surface area (Å²) in [6.07, 6.45) is -5.46. The SMILES string of the molecule is CCC(C)(CC(C)(CC(C)C#N)C1(C)OC(F)(F)C2CCC1C2)C1(C)C2CC3CC(C2)OC(F)(C(F)(F)F)C1C3. The monoisotopic (exact) mass is 577 g/mol. The van der Waals surface area contributed by atoms with Crippen LogP contribution in [0.25, 0.3) is 0 Å². The topological polar surface area (TPSA) is 42.2 Å². The number of alkyl halides is 6. The molecule has 3 aliphatic heterocycles. The summed E-state index contributed by atoms with van der Waals surface area (Å²) in [4.78, 5) is 0. The summed E-state index contributed by atoms with van der Waals surface area (Å²) in [5.41, 5.74) is -4.25. The standard InChI is InChI=1S/C31H45F6NO2/c1-7-25(3,27(5)22-10-19-11-23(14-22)39-29(32,24(27)12-19)31(35,36)37)17-26(4,15-18(2)16-38)28(6)20-8-9-21(13-20)30(33,34)40-28/h18-24H,7-15,17H2,1-6H3. The van der Waals surface area contributed by atoms with Gasteiger partial charge < -0.3 is 9.47 Å². The fourth-order valence-corrected chi connectivity index (χ4v) is 10.6. The fraction of sp³-hybridized carbons (Fsp3) is 0.968. The first-order chi connectivity index (χ1) is 18.3. The highest BCUT2D eigenvalue weighted by atomic mass is 19.4. The Morgan fingerprint density at radius 3 is 2.17 bits per heavy atom. The summed E-state index contributed by atoms with van der Waals surface area (Å²) < 4.78 is 102. The molecule has 0 aromatic heterocycles. The van der Waals surface area contributed by atoms with Crippen molar-refractivity contribution in [3.8, 4) is 6.07 Å². The summed E-state index contributed by atoms with van der Waals surface area (Å²) in [5, 5.41) is 9.80. The molecule has 3 saturated carbocycles. The van der Waals surface area contributed by atoms with Crippen LogP contribution < -0.4 is 0 Å². The molecule has 6 aliphatic rings. The van der Waals surface area contributed by atoms with Gasteiger partial charge in [0.15, 0.2) is 0 Å². The molecule has 3 aliphatic carbocycles. The van der Waals surface area contributed by atoms with E-state index in [9.17, 15) is 18.4 Å². The molecule has 12 atom stereocenters. The van der Waals surface area contributed by atoms with E-state index in [2.05, 4.69) is 6.07 Å². The number of halogens is 6. The summed E-state index contributed by atoms with van der Waals surface area (Å²) >= 11 is 0. The fourth-order valence-electron chi connectivity index (χ4n) is 10.6. The van der Waals surface area contributed by atoms with Gasteiger partial charge in [-0.15, -0.1) is 0 Å². The molecule has 3 heterocycles. The van der Waals surface area contributed by atoms with Crippen LogP contribution >= 0.6 is 0 Å². The Morgan fingerprint density at radius 1 is 0.925 bits per heavy atom. The van der Waals surface area contributed by atoms with Crippen molar-refractivity contribution in [3.63, 3.8) is 0 Å². The molecule has 0 aromatic carbocycles. The second-order valence-corrected chi connectivity index (χ2v) is 15.1. The summed E-state index contributed by atoms with van der Waals surface area (Å²) in [6, 6.07) is 2.26. The predicted molar refractivity (Wildman–Crippen MR) is 138 cm³/mol. The van der Waals surface area contributed by atoms with E-state index in [-0.39, 0.29) is 37.0 Å². The number of hydrogen-bond acceptors (Lipinski definition) is 3. The number of nitrogens with zero attached hydrogens (tertiary/aromatic N) is 1. The largest absolute Gasteiger partial charge is 0.448 e. The number of rotatable bonds is 7. The zero-order valence-electron chi connectivity index (χ0n) is 24.6. The molecule has 40 heavy (non-hydrogen) atoms. The van der Waals surface area contributed by atoms with Gasteiger partial charge in [-0.2, -0.15) is 27.2 Å². The van der Waals surface area contributed by atoms with Crippen molar-refractivity contribution in [1.29, 1.82) is 5.26 Å². The van der Waals surface area contributed by atoms with Crippen LogP contribution in [0.15, 0.2) is 0 Å². The Morgan fingerprint density at radius 2 is 1.57 bits per heavy atom. The van der Waals surface area contributed by atoms with E-state index in [1.807, 2.05) is 27.7 Å². The van der Waals surface area contributed by atoms with Crippen LogP contribution in [0.3, 0.4) is 0 Å². The maximum atomic E-state index is 16.5. The third-order valence-electron chi connectivity index (χ3n) is 13.1.